The third-order valence-electron chi connectivity index (χ3n) is 5.86. The minimum atomic E-state index is -1.19. The van der Waals surface area contributed by atoms with Gasteiger partial charge in [0.15, 0.2) is 5.78 Å². The van der Waals surface area contributed by atoms with Gasteiger partial charge in [-0.05, 0) is 25.5 Å². The van der Waals surface area contributed by atoms with Gasteiger partial charge in [0.1, 0.15) is 6.04 Å². The van der Waals surface area contributed by atoms with Gasteiger partial charge in [-0.2, -0.15) is 4.79 Å². The molecule has 30 heavy (non-hydrogen) atoms. The quantitative estimate of drug-likeness (QED) is 0.631. The van der Waals surface area contributed by atoms with E-state index in [0.717, 1.165) is 12.8 Å². The summed E-state index contributed by atoms with van der Waals surface area (Å²) < 4.78 is -0.681. The predicted octanol–water partition coefficient (Wildman–Crippen LogP) is 3.27. The summed E-state index contributed by atoms with van der Waals surface area (Å²) in [4.78, 5) is 51.6. The molecule has 1 aromatic carbocycles. The molecule has 2 unspecified atom stereocenters. The van der Waals surface area contributed by atoms with Crippen LogP contribution in [-0.2, 0) is 4.79 Å². The number of amides is 4. The highest BCUT2D eigenvalue weighted by Gasteiger charge is 2.54. The summed E-state index contributed by atoms with van der Waals surface area (Å²) in [6.07, 6.45) is 2.17. The molecule has 1 fully saturated rings. The van der Waals surface area contributed by atoms with Crippen molar-refractivity contribution in [1.82, 2.24) is 10.2 Å². The normalized spacial score (nSPS) is 21.6. The fourth-order valence-electron chi connectivity index (χ4n) is 4.00. The van der Waals surface area contributed by atoms with E-state index in [9.17, 15) is 24.3 Å². The summed E-state index contributed by atoms with van der Waals surface area (Å²) >= 11 is 0. The van der Waals surface area contributed by atoms with E-state index < -0.39 is 22.6 Å². The number of rotatable bonds is 8. The van der Waals surface area contributed by atoms with E-state index in [-0.39, 0.29) is 30.8 Å². The number of quaternary nitrogens is 1. The highest BCUT2D eigenvalue weighted by atomic mass is 16.4. The van der Waals surface area contributed by atoms with Gasteiger partial charge in [0, 0.05) is 25.5 Å². The van der Waals surface area contributed by atoms with Crippen molar-refractivity contribution >= 4 is 23.8 Å². The lowest BCUT2D eigenvalue weighted by atomic mass is 10.0. The molecule has 1 saturated heterocycles. The summed E-state index contributed by atoms with van der Waals surface area (Å²) in [5.74, 6) is -0.653. The maximum atomic E-state index is 13.0. The molecular formula is C22H32N3O5+. The number of imide groups is 1. The van der Waals surface area contributed by atoms with Crippen LogP contribution >= 0.6 is 0 Å². The van der Waals surface area contributed by atoms with Gasteiger partial charge in [-0.15, -0.1) is 4.48 Å². The standard InChI is InChI=1S/C22H31N3O5/c1-4-5-13-18(23-20(27)17-11-7-6-8-12-17)19(26)15-24(3)21(28)25(22(29)30)14-9-10-16(25)2/h6-8,11-12,16,18H,4-5,9-10,13-15H2,1-3H3,(H-,23,27,29,30)/p+1/t16-,18?,25?/m1/s1. The number of hydrogen-bond donors (Lipinski definition) is 2. The van der Waals surface area contributed by atoms with Crippen molar-refractivity contribution in [2.75, 3.05) is 20.1 Å². The number of carbonyl (C=O) groups excluding carboxylic acids is 3. The minimum Gasteiger partial charge on any atom is -0.435 e. The number of carboxylic acid groups (broad SMARTS) is 1. The fraction of sp³-hybridized carbons (Fsp3) is 0.545. The number of benzene rings is 1. The molecule has 164 valence electrons. The highest BCUT2D eigenvalue weighted by Crippen LogP contribution is 2.29. The van der Waals surface area contributed by atoms with Gasteiger partial charge in [-0.3, -0.25) is 14.5 Å². The second kappa shape index (κ2) is 10.3. The van der Waals surface area contributed by atoms with Gasteiger partial charge in [0.05, 0.1) is 19.1 Å². The third kappa shape index (κ3) is 5.05. The number of carbonyl (C=O) groups is 4. The highest BCUT2D eigenvalue weighted by molar-refractivity contribution is 5.98. The molecule has 0 spiro atoms. The number of hydrogen-bond acceptors (Lipinski definition) is 4. The predicted molar refractivity (Wildman–Crippen MR) is 112 cm³/mol. The number of likely N-dealkylation sites (N-methyl/N-ethyl adjacent to an activating group) is 1. The molecule has 2 rings (SSSR count). The summed E-state index contributed by atoms with van der Waals surface area (Å²) in [6, 6.07) is 6.96. The van der Waals surface area contributed by atoms with Crippen molar-refractivity contribution in [3.63, 3.8) is 0 Å². The number of likely N-dealkylation sites (tertiary alicyclic amines) is 1. The molecule has 0 radical (unpaired) electrons. The average Bonchev–Trinajstić information content (AvgIpc) is 3.13. The Morgan fingerprint density at radius 1 is 1.23 bits per heavy atom. The van der Waals surface area contributed by atoms with Crippen molar-refractivity contribution < 1.29 is 28.8 Å². The molecule has 0 aliphatic carbocycles. The van der Waals surface area contributed by atoms with Gasteiger partial charge in [-0.1, -0.05) is 38.0 Å². The van der Waals surface area contributed by atoms with E-state index in [1.54, 1.807) is 37.3 Å². The van der Waals surface area contributed by atoms with E-state index in [4.69, 9.17) is 0 Å². The number of urea groups is 1. The fourth-order valence-corrected chi connectivity index (χ4v) is 4.00. The Hall–Kier alpha value is -2.74. The van der Waals surface area contributed by atoms with Crippen LogP contribution in [0.3, 0.4) is 0 Å². The lowest BCUT2D eigenvalue weighted by Gasteiger charge is -2.33. The molecule has 1 aliphatic rings. The van der Waals surface area contributed by atoms with Crippen LogP contribution in [0.1, 0.15) is 56.3 Å². The SMILES string of the molecule is CCCCC(NC(=O)c1ccccc1)C(=O)CN(C)C(=O)[N+]1(C(=O)O)CCC[C@H]1C. The molecule has 8 heteroatoms. The van der Waals surface area contributed by atoms with E-state index >= 15 is 0 Å². The molecule has 0 saturated carbocycles. The summed E-state index contributed by atoms with van der Waals surface area (Å²) in [5, 5.41) is 12.5. The lowest BCUT2D eigenvalue weighted by Crippen LogP contribution is -2.63. The van der Waals surface area contributed by atoms with Gasteiger partial charge in [0.25, 0.3) is 5.91 Å². The van der Waals surface area contributed by atoms with E-state index in [1.807, 2.05) is 6.92 Å². The lowest BCUT2D eigenvalue weighted by molar-refractivity contribution is -0.790. The number of Topliss-reactive ketones (excluding diaryl/α,β-unsaturated/α-hetero) is 1. The van der Waals surface area contributed by atoms with Crippen LogP contribution < -0.4 is 5.32 Å². The average molecular weight is 419 g/mol. The molecule has 3 atom stereocenters. The number of unbranched alkanes of at least 4 members (excludes halogenated alkanes) is 1. The maximum Gasteiger partial charge on any atom is 0.523 e. The van der Waals surface area contributed by atoms with Gasteiger partial charge < -0.3 is 10.4 Å². The topological polar surface area (TPSA) is 104 Å². The van der Waals surface area contributed by atoms with Crippen LogP contribution in [0.4, 0.5) is 9.59 Å². The van der Waals surface area contributed by atoms with E-state index in [1.165, 1.54) is 11.9 Å². The third-order valence-corrected chi connectivity index (χ3v) is 5.86. The second-order valence-corrected chi connectivity index (χ2v) is 8.01. The van der Waals surface area contributed by atoms with Crippen molar-refractivity contribution in [2.45, 2.75) is 58.0 Å². The Labute approximate surface area is 177 Å². The molecule has 0 bridgehead atoms. The first-order valence-corrected chi connectivity index (χ1v) is 10.5. The first kappa shape index (κ1) is 23.5. The van der Waals surface area contributed by atoms with Crippen LogP contribution in [0.5, 0.6) is 0 Å². The van der Waals surface area contributed by atoms with E-state index in [0.29, 0.717) is 24.8 Å². The van der Waals surface area contributed by atoms with Crippen molar-refractivity contribution in [3.8, 4) is 0 Å². The Morgan fingerprint density at radius 2 is 1.90 bits per heavy atom. The van der Waals surface area contributed by atoms with E-state index in [2.05, 4.69) is 5.32 Å². The molecule has 1 aromatic rings. The van der Waals surface area contributed by atoms with Gasteiger partial charge in [-0.25, -0.2) is 4.79 Å². The number of nitrogens with zero attached hydrogens (tertiary/aromatic N) is 2. The first-order chi connectivity index (χ1) is 14.2. The smallest absolute Gasteiger partial charge is 0.435 e. The van der Waals surface area contributed by atoms with Gasteiger partial charge >= 0.3 is 12.1 Å². The molecule has 0 aromatic heterocycles. The van der Waals surface area contributed by atoms with Crippen LogP contribution in [-0.4, -0.2) is 70.5 Å². The zero-order chi connectivity index (χ0) is 22.3. The summed E-state index contributed by atoms with van der Waals surface area (Å²) in [7, 11) is 1.45. The Bertz CT molecular complexity index is 782. The van der Waals surface area contributed by atoms with Crippen molar-refractivity contribution in [1.29, 1.82) is 0 Å². The number of nitrogens with one attached hydrogen (secondary N) is 1. The molecule has 1 heterocycles. The molecule has 2 N–H and O–H groups in total. The Balaban J connectivity index is 2.11. The second-order valence-electron chi connectivity index (χ2n) is 8.01. The summed E-state index contributed by atoms with van der Waals surface area (Å²) in [5.41, 5.74) is 0.456. The van der Waals surface area contributed by atoms with Crippen LogP contribution in [0.2, 0.25) is 0 Å². The Morgan fingerprint density at radius 3 is 2.43 bits per heavy atom. The molecule has 4 amide bonds. The zero-order valence-corrected chi connectivity index (χ0v) is 18.0. The molecular weight excluding hydrogens is 386 g/mol. The first-order valence-electron chi connectivity index (χ1n) is 10.5. The minimum absolute atomic E-state index is 0.220. The Kier molecular flexibility index (Phi) is 8.11. The largest absolute Gasteiger partial charge is 0.523 e. The van der Waals surface area contributed by atoms with Gasteiger partial charge in [0.2, 0.25) is 0 Å². The van der Waals surface area contributed by atoms with Crippen LogP contribution in [0.15, 0.2) is 30.3 Å². The van der Waals surface area contributed by atoms with Crippen molar-refractivity contribution in [2.24, 2.45) is 0 Å². The monoisotopic (exact) mass is 418 g/mol. The molecule has 1 aliphatic heterocycles. The van der Waals surface area contributed by atoms with Crippen LogP contribution in [0, 0.1) is 0 Å². The zero-order valence-electron chi connectivity index (χ0n) is 18.0. The van der Waals surface area contributed by atoms with Crippen LogP contribution in [0.25, 0.3) is 0 Å². The molecule has 8 nitrogen and oxygen atoms in total. The van der Waals surface area contributed by atoms with Crippen molar-refractivity contribution in [3.05, 3.63) is 35.9 Å². The maximum absolute atomic E-state index is 13.0. The summed E-state index contributed by atoms with van der Waals surface area (Å²) in [6.45, 7) is 3.71. The number of ketones is 1.